The zero-order chi connectivity index (χ0) is 11.4. The highest BCUT2D eigenvalue weighted by Crippen LogP contribution is 2.22. The molecule has 0 aliphatic carbocycles. The minimum Gasteiger partial charge on any atom is -0.459 e. The Labute approximate surface area is 106 Å². The molecule has 2 heterocycles. The molecule has 0 aliphatic heterocycles. The Hall–Kier alpha value is -1.07. The molecule has 3 nitrogen and oxygen atoms in total. The van der Waals surface area contributed by atoms with Crippen LogP contribution >= 0.6 is 27.3 Å². The van der Waals surface area contributed by atoms with E-state index >= 15 is 0 Å². The Balaban J connectivity index is 1.78. The molecule has 1 N–H and O–H groups in total. The molecule has 0 aromatic carbocycles. The summed E-state index contributed by atoms with van der Waals surface area (Å²) < 4.78 is 6.10. The molecule has 0 aliphatic rings. The Morgan fingerprint density at radius 2 is 2.31 bits per heavy atom. The lowest BCUT2D eigenvalue weighted by molar-refractivity contribution is 0.0926. The van der Waals surface area contributed by atoms with Crippen LogP contribution in [0.2, 0.25) is 0 Å². The lowest BCUT2D eigenvalue weighted by Gasteiger charge is -2.00. The van der Waals surface area contributed by atoms with E-state index < -0.39 is 0 Å². The second kappa shape index (κ2) is 5.32. The predicted molar refractivity (Wildman–Crippen MR) is 66.8 cm³/mol. The number of hydrogen-bond donors (Lipinski definition) is 1. The molecule has 0 radical (unpaired) electrons. The van der Waals surface area contributed by atoms with Crippen LogP contribution in [-0.4, -0.2) is 12.5 Å². The SMILES string of the molecule is O=C(NCCc1ccc(Br)s1)c1ccco1. The summed E-state index contributed by atoms with van der Waals surface area (Å²) >= 11 is 5.08. The van der Waals surface area contributed by atoms with Crippen LogP contribution in [0.15, 0.2) is 38.7 Å². The standard InChI is InChI=1S/C11H10BrNO2S/c12-10-4-3-8(16-10)5-6-13-11(14)9-2-1-7-15-9/h1-4,7H,5-6H2,(H,13,14). The maximum absolute atomic E-state index is 11.5. The number of furan rings is 1. The van der Waals surface area contributed by atoms with Gasteiger partial charge in [0.15, 0.2) is 5.76 Å². The number of carbonyl (C=O) groups excluding carboxylic acids is 1. The van der Waals surface area contributed by atoms with Gasteiger partial charge in [-0.1, -0.05) is 0 Å². The minimum atomic E-state index is -0.166. The van der Waals surface area contributed by atoms with E-state index in [4.69, 9.17) is 4.42 Å². The van der Waals surface area contributed by atoms with Gasteiger partial charge in [0.05, 0.1) is 10.0 Å². The average molecular weight is 300 g/mol. The van der Waals surface area contributed by atoms with Crippen LogP contribution in [0.5, 0.6) is 0 Å². The molecular formula is C11H10BrNO2S. The lowest BCUT2D eigenvalue weighted by atomic mass is 10.3. The van der Waals surface area contributed by atoms with Gasteiger partial charge in [-0.25, -0.2) is 0 Å². The molecule has 0 saturated carbocycles. The molecule has 1 amide bonds. The van der Waals surface area contributed by atoms with E-state index in [1.807, 2.05) is 12.1 Å². The number of rotatable bonds is 4. The van der Waals surface area contributed by atoms with Crippen molar-refractivity contribution < 1.29 is 9.21 Å². The number of thiophene rings is 1. The Morgan fingerprint density at radius 3 is 2.94 bits per heavy atom. The summed E-state index contributed by atoms with van der Waals surface area (Å²) in [6.45, 7) is 0.618. The van der Waals surface area contributed by atoms with E-state index in [0.717, 1.165) is 10.2 Å². The summed E-state index contributed by atoms with van der Waals surface area (Å²) in [6, 6.07) is 7.41. The summed E-state index contributed by atoms with van der Waals surface area (Å²) in [7, 11) is 0. The van der Waals surface area contributed by atoms with Crippen molar-refractivity contribution in [2.45, 2.75) is 6.42 Å². The molecule has 0 saturated heterocycles. The van der Waals surface area contributed by atoms with Crippen LogP contribution in [0.3, 0.4) is 0 Å². The van der Waals surface area contributed by atoms with Gasteiger partial charge in [-0.15, -0.1) is 11.3 Å². The second-order valence-electron chi connectivity index (χ2n) is 3.19. The lowest BCUT2D eigenvalue weighted by Crippen LogP contribution is -2.24. The maximum atomic E-state index is 11.5. The molecule has 0 fully saturated rings. The van der Waals surface area contributed by atoms with Crippen LogP contribution < -0.4 is 5.32 Å². The van der Waals surface area contributed by atoms with Gasteiger partial charge in [-0.2, -0.15) is 0 Å². The smallest absolute Gasteiger partial charge is 0.286 e. The van der Waals surface area contributed by atoms with Gasteiger partial charge in [0.25, 0.3) is 5.91 Å². The van der Waals surface area contributed by atoms with E-state index in [1.165, 1.54) is 11.1 Å². The van der Waals surface area contributed by atoms with Gasteiger partial charge in [-0.3, -0.25) is 4.79 Å². The summed E-state index contributed by atoms with van der Waals surface area (Å²) in [4.78, 5) is 12.7. The Bertz CT molecular complexity index is 464. The molecule has 2 aromatic heterocycles. The van der Waals surface area contributed by atoms with Crippen molar-refractivity contribution >= 4 is 33.2 Å². The summed E-state index contributed by atoms with van der Waals surface area (Å²) in [5, 5.41) is 2.80. The third-order valence-electron chi connectivity index (χ3n) is 2.03. The first-order valence-electron chi connectivity index (χ1n) is 4.81. The highest BCUT2D eigenvalue weighted by molar-refractivity contribution is 9.11. The monoisotopic (exact) mass is 299 g/mol. The number of carbonyl (C=O) groups is 1. The van der Waals surface area contributed by atoms with Gasteiger partial charge in [0.2, 0.25) is 0 Å². The second-order valence-corrected chi connectivity index (χ2v) is 5.74. The van der Waals surface area contributed by atoms with Gasteiger partial charge in [-0.05, 0) is 46.6 Å². The van der Waals surface area contributed by atoms with Crippen LogP contribution in [-0.2, 0) is 6.42 Å². The largest absolute Gasteiger partial charge is 0.459 e. The zero-order valence-electron chi connectivity index (χ0n) is 8.40. The minimum absolute atomic E-state index is 0.166. The van der Waals surface area contributed by atoms with E-state index in [0.29, 0.717) is 12.3 Å². The Morgan fingerprint density at radius 1 is 1.44 bits per heavy atom. The first kappa shape index (κ1) is 11.4. The van der Waals surface area contributed by atoms with Gasteiger partial charge in [0, 0.05) is 11.4 Å². The molecule has 16 heavy (non-hydrogen) atoms. The van der Waals surface area contributed by atoms with Crippen molar-refractivity contribution in [3.8, 4) is 0 Å². The summed E-state index contributed by atoms with van der Waals surface area (Å²) in [6.07, 6.45) is 2.33. The van der Waals surface area contributed by atoms with Crippen molar-refractivity contribution in [3.05, 3.63) is 45.0 Å². The summed E-state index contributed by atoms with van der Waals surface area (Å²) in [5.74, 6) is 0.188. The molecule has 0 atom stereocenters. The number of halogens is 1. The number of nitrogens with one attached hydrogen (secondary N) is 1. The molecule has 0 spiro atoms. The normalized spacial score (nSPS) is 10.3. The molecule has 2 rings (SSSR count). The molecule has 0 bridgehead atoms. The van der Waals surface area contributed by atoms with Crippen molar-refractivity contribution in [1.29, 1.82) is 0 Å². The van der Waals surface area contributed by atoms with Gasteiger partial charge in [0.1, 0.15) is 0 Å². The van der Waals surface area contributed by atoms with E-state index in [1.54, 1.807) is 23.5 Å². The van der Waals surface area contributed by atoms with E-state index in [9.17, 15) is 4.79 Å². The molecule has 84 valence electrons. The third-order valence-corrected chi connectivity index (χ3v) is 3.71. The van der Waals surface area contributed by atoms with Crippen molar-refractivity contribution in [2.24, 2.45) is 0 Å². The highest BCUT2D eigenvalue weighted by atomic mass is 79.9. The predicted octanol–water partition coefficient (Wildman–Crippen LogP) is 3.08. The van der Waals surface area contributed by atoms with E-state index in [-0.39, 0.29) is 5.91 Å². The fourth-order valence-electron chi connectivity index (χ4n) is 1.28. The van der Waals surface area contributed by atoms with Crippen molar-refractivity contribution in [3.63, 3.8) is 0 Å². The summed E-state index contributed by atoms with van der Waals surface area (Å²) in [5.41, 5.74) is 0. The fraction of sp³-hybridized carbons (Fsp3) is 0.182. The zero-order valence-corrected chi connectivity index (χ0v) is 10.8. The van der Waals surface area contributed by atoms with Gasteiger partial charge < -0.3 is 9.73 Å². The van der Waals surface area contributed by atoms with Gasteiger partial charge >= 0.3 is 0 Å². The highest BCUT2D eigenvalue weighted by Gasteiger charge is 2.07. The van der Waals surface area contributed by atoms with Crippen molar-refractivity contribution in [2.75, 3.05) is 6.54 Å². The quantitative estimate of drug-likeness (QED) is 0.943. The third kappa shape index (κ3) is 2.96. The van der Waals surface area contributed by atoms with Crippen LogP contribution in [0, 0.1) is 0 Å². The van der Waals surface area contributed by atoms with Crippen LogP contribution in [0.25, 0.3) is 0 Å². The molecule has 2 aromatic rings. The topological polar surface area (TPSA) is 42.2 Å². The van der Waals surface area contributed by atoms with Crippen LogP contribution in [0.1, 0.15) is 15.4 Å². The maximum Gasteiger partial charge on any atom is 0.286 e. The molecule has 0 unspecified atom stereocenters. The first-order chi connectivity index (χ1) is 7.75. The first-order valence-corrected chi connectivity index (χ1v) is 6.42. The Kier molecular flexibility index (Phi) is 3.79. The number of hydrogen-bond acceptors (Lipinski definition) is 3. The van der Waals surface area contributed by atoms with Crippen molar-refractivity contribution in [1.82, 2.24) is 5.32 Å². The van der Waals surface area contributed by atoms with Crippen LogP contribution in [0.4, 0.5) is 0 Å². The van der Waals surface area contributed by atoms with E-state index in [2.05, 4.69) is 21.2 Å². The number of amides is 1. The fourth-order valence-corrected chi connectivity index (χ4v) is 2.76. The molecular weight excluding hydrogens is 290 g/mol. The molecule has 5 heteroatoms. The average Bonchev–Trinajstić information content (AvgIpc) is 2.89.